The molecular weight excluding hydrogens is 382 g/mol. The predicted molar refractivity (Wildman–Crippen MR) is 107 cm³/mol. The van der Waals surface area contributed by atoms with Crippen LogP contribution in [0.25, 0.3) is 0 Å². The van der Waals surface area contributed by atoms with Gasteiger partial charge in [0.25, 0.3) is 5.56 Å². The molecule has 1 N–H and O–H groups in total. The number of aliphatic hydroxyl groups is 1. The van der Waals surface area contributed by atoms with Gasteiger partial charge in [-0.15, -0.1) is 0 Å². The molecule has 2 heterocycles. The lowest BCUT2D eigenvalue weighted by Crippen LogP contribution is -2.41. The van der Waals surface area contributed by atoms with E-state index in [-0.39, 0.29) is 18.7 Å². The summed E-state index contributed by atoms with van der Waals surface area (Å²) in [5, 5.41) is 10.1. The molecule has 0 atom stereocenters. The van der Waals surface area contributed by atoms with E-state index in [9.17, 15) is 14.7 Å². The third-order valence-electron chi connectivity index (χ3n) is 4.62. The smallest absolute Gasteiger partial charge is 0.410 e. The molecule has 0 bridgehead atoms. The molecule has 3 rings (SSSR count). The van der Waals surface area contributed by atoms with Crippen LogP contribution in [0.3, 0.4) is 0 Å². The second-order valence-electron chi connectivity index (χ2n) is 7.91. The number of carbonyl (C=O) groups excluding carboxylic acids is 1. The van der Waals surface area contributed by atoms with E-state index in [1.165, 1.54) is 0 Å². The first-order valence-corrected chi connectivity index (χ1v) is 9.72. The van der Waals surface area contributed by atoms with Gasteiger partial charge in [0.05, 0.1) is 31.8 Å². The second kappa shape index (κ2) is 8.01. The highest BCUT2D eigenvalue weighted by atomic mass is 35.5. The van der Waals surface area contributed by atoms with Crippen molar-refractivity contribution in [1.82, 2.24) is 14.3 Å². The van der Waals surface area contributed by atoms with Gasteiger partial charge in [-0.3, -0.25) is 9.48 Å². The van der Waals surface area contributed by atoms with E-state index < -0.39 is 11.7 Å². The lowest BCUT2D eigenvalue weighted by molar-refractivity contribution is 0.0221. The first kappa shape index (κ1) is 20.5. The fraction of sp³-hybridized carbons (Fsp3) is 0.500. The van der Waals surface area contributed by atoms with E-state index in [2.05, 4.69) is 0 Å². The molecule has 1 aliphatic heterocycles. The van der Waals surface area contributed by atoms with Crippen molar-refractivity contribution < 1.29 is 14.6 Å². The van der Waals surface area contributed by atoms with E-state index in [4.69, 9.17) is 16.3 Å². The first-order valence-electron chi connectivity index (χ1n) is 9.34. The van der Waals surface area contributed by atoms with E-state index >= 15 is 0 Å². The summed E-state index contributed by atoms with van der Waals surface area (Å²) in [5.41, 5.74) is 1.65. The van der Waals surface area contributed by atoms with Gasteiger partial charge < -0.3 is 14.7 Å². The minimum absolute atomic E-state index is 0.0725. The second-order valence-corrected chi connectivity index (χ2v) is 8.35. The van der Waals surface area contributed by atoms with Gasteiger partial charge in [-0.05, 0) is 38.5 Å². The van der Waals surface area contributed by atoms with Gasteiger partial charge in [-0.25, -0.2) is 9.48 Å². The van der Waals surface area contributed by atoms with Crippen molar-refractivity contribution in [2.75, 3.05) is 13.2 Å². The molecule has 0 radical (unpaired) electrons. The Labute approximate surface area is 169 Å². The fourth-order valence-corrected chi connectivity index (χ4v) is 3.52. The Balaban J connectivity index is 1.91. The third kappa shape index (κ3) is 4.42. The monoisotopic (exact) mass is 407 g/mol. The maximum Gasteiger partial charge on any atom is 0.410 e. The Hall–Kier alpha value is -2.25. The molecule has 0 aliphatic carbocycles. The van der Waals surface area contributed by atoms with Crippen LogP contribution in [0.15, 0.2) is 29.1 Å². The zero-order valence-corrected chi connectivity index (χ0v) is 17.2. The van der Waals surface area contributed by atoms with Gasteiger partial charge in [0.1, 0.15) is 5.60 Å². The normalized spacial score (nSPS) is 14.1. The van der Waals surface area contributed by atoms with E-state index in [0.29, 0.717) is 36.6 Å². The Kier molecular flexibility index (Phi) is 5.86. The van der Waals surface area contributed by atoms with Gasteiger partial charge in [-0.2, -0.15) is 0 Å². The van der Waals surface area contributed by atoms with Crippen LogP contribution in [-0.4, -0.2) is 44.2 Å². The number of amides is 1. The average Bonchev–Trinajstić information content (AvgIpc) is 2.88. The SMILES string of the molecule is CC(C)(C)OC(=O)N1CCc2c(c(=O)n(Cc3ccc(Cl)cc3)n2CCO)C1. The summed E-state index contributed by atoms with van der Waals surface area (Å²) in [6.45, 7) is 6.75. The van der Waals surface area contributed by atoms with Crippen molar-refractivity contribution in [3.05, 3.63) is 56.5 Å². The predicted octanol–water partition coefficient (Wildman–Crippen LogP) is 2.64. The molecule has 1 amide bonds. The van der Waals surface area contributed by atoms with Crippen molar-refractivity contribution in [1.29, 1.82) is 0 Å². The van der Waals surface area contributed by atoms with Crippen LogP contribution >= 0.6 is 11.6 Å². The van der Waals surface area contributed by atoms with E-state index in [0.717, 1.165) is 11.3 Å². The summed E-state index contributed by atoms with van der Waals surface area (Å²) < 4.78 is 8.90. The highest BCUT2D eigenvalue weighted by Crippen LogP contribution is 2.20. The molecule has 1 aliphatic rings. The minimum atomic E-state index is -0.588. The maximum absolute atomic E-state index is 13.1. The Morgan fingerprint density at radius 1 is 1.21 bits per heavy atom. The van der Waals surface area contributed by atoms with Crippen LogP contribution in [-0.2, 0) is 30.8 Å². The standard InChI is InChI=1S/C20H26ClN3O4/c1-20(2,3)28-19(27)22-9-8-17-16(13-22)18(26)24(23(17)10-11-25)12-14-4-6-15(21)7-5-14/h4-7,25H,8-13H2,1-3H3. The highest BCUT2D eigenvalue weighted by molar-refractivity contribution is 6.30. The highest BCUT2D eigenvalue weighted by Gasteiger charge is 2.30. The van der Waals surface area contributed by atoms with Gasteiger partial charge in [-0.1, -0.05) is 23.7 Å². The zero-order chi connectivity index (χ0) is 20.5. The number of rotatable bonds is 4. The average molecular weight is 408 g/mol. The Morgan fingerprint density at radius 2 is 1.89 bits per heavy atom. The largest absolute Gasteiger partial charge is 0.444 e. The molecule has 8 heteroatoms. The summed E-state index contributed by atoms with van der Waals surface area (Å²) in [5.74, 6) is 0. The number of fused-ring (bicyclic) bond motifs is 1. The molecule has 2 aromatic rings. The summed E-state index contributed by atoms with van der Waals surface area (Å²) >= 11 is 5.94. The van der Waals surface area contributed by atoms with Crippen LogP contribution in [0.5, 0.6) is 0 Å². The number of carbonyl (C=O) groups is 1. The molecule has 1 aromatic carbocycles. The first-order chi connectivity index (χ1) is 13.2. The molecule has 0 saturated carbocycles. The summed E-state index contributed by atoms with van der Waals surface area (Å²) in [6, 6.07) is 7.31. The van der Waals surface area contributed by atoms with Crippen molar-refractivity contribution in [2.45, 2.75) is 52.4 Å². The molecule has 1 aromatic heterocycles. The lowest BCUT2D eigenvalue weighted by atomic mass is 10.1. The quantitative estimate of drug-likeness (QED) is 0.845. The van der Waals surface area contributed by atoms with Crippen LogP contribution < -0.4 is 5.56 Å². The van der Waals surface area contributed by atoms with Crippen molar-refractivity contribution in [2.24, 2.45) is 0 Å². The van der Waals surface area contributed by atoms with Crippen molar-refractivity contribution >= 4 is 17.7 Å². The number of aliphatic hydroxyl groups excluding tert-OH is 1. The molecule has 0 fully saturated rings. The zero-order valence-electron chi connectivity index (χ0n) is 16.4. The number of ether oxygens (including phenoxy) is 1. The number of nitrogens with zero attached hydrogens (tertiary/aromatic N) is 3. The maximum atomic E-state index is 13.1. The topological polar surface area (TPSA) is 76.7 Å². The number of aromatic nitrogens is 2. The molecule has 7 nitrogen and oxygen atoms in total. The third-order valence-corrected chi connectivity index (χ3v) is 4.87. The molecule has 0 unspecified atom stereocenters. The molecular formula is C20H26ClN3O4. The number of hydrogen-bond donors (Lipinski definition) is 1. The number of halogens is 1. The molecule has 28 heavy (non-hydrogen) atoms. The summed E-state index contributed by atoms with van der Waals surface area (Å²) in [6.07, 6.45) is 0.119. The van der Waals surface area contributed by atoms with Gasteiger partial charge in [0.2, 0.25) is 0 Å². The van der Waals surface area contributed by atoms with Crippen molar-refractivity contribution in [3.63, 3.8) is 0 Å². The van der Waals surface area contributed by atoms with Crippen LogP contribution in [0.4, 0.5) is 4.79 Å². The van der Waals surface area contributed by atoms with Gasteiger partial charge >= 0.3 is 6.09 Å². The van der Waals surface area contributed by atoms with Crippen molar-refractivity contribution in [3.8, 4) is 0 Å². The molecule has 0 spiro atoms. The number of hydrogen-bond acceptors (Lipinski definition) is 4. The number of benzene rings is 1. The van der Waals surface area contributed by atoms with Crippen LogP contribution in [0.1, 0.15) is 37.6 Å². The Morgan fingerprint density at radius 3 is 2.50 bits per heavy atom. The summed E-state index contributed by atoms with van der Waals surface area (Å²) in [4.78, 5) is 27.1. The lowest BCUT2D eigenvalue weighted by Gasteiger charge is -2.30. The van der Waals surface area contributed by atoms with E-state index in [1.807, 2.05) is 37.6 Å². The van der Waals surface area contributed by atoms with Gasteiger partial charge in [0, 0.05) is 23.7 Å². The molecule has 0 saturated heterocycles. The Bertz CT molecular complexity index is 909. The van der Waals surface area contributed by atoms with Gasteiger partial charge in [0.15, 0.2) is 0 Å². The van der Waals surface area contributed by atoms with Crippen LogP contribution in [0.2, 0.25) is 5.02 Å². The summed E-state index contributed by atoms with van der Waals surface area (Å²) in [7, 11) is 0. The van der Waals surface area contributed by atoms with Crippen LogP contribution in [0, 0.1) is 0 Å². The molecule has 152 valence electrons. The minimum Gasteiger partial charge on any atom is -0.444 e. The van der Waals surface area contributed by atoms with E-state index in [1.54, 1.807) is 21.7 Å². The fourth-order valence-electron chi connectivity index (χ4n) is 3.39.